The van der Waals surface area contributed by atoms with Gasteiger partial charge < -0.3 is 10.1 Å². The standard InChI is InChI=1S/C17H15N5O2S/c23-16(9-13-10-25-15-7-2-1-6-14(15)24-13)18-12-5-3-4-11(8-12)17-19-21-22-20-17/h1-8,13H,9-10H2,(H,18,23)(H,19,20,21,22). The summed E-state index contributed by atoms with van der Waals surface area (Å²) in [5.74, 6) is 2.00. The van der Waals surface area contributed by atoms with Gasteiger partial charge in [0.1, 0.15) is 11.9 Å². The Bertz CT molecular complexity index is 884. The van der Waals surface area contributed by atoms with Gasteiger partial charge in [-0.2, -0.15) is 5.21 Å². The van der Waals surface area contributed by atoms with Crippen molar-refractivity contribution in [1.29, 1.82) is 0 Å². The first kappa shape index (κ1) is 15.6. The van der Waals surface area contributed by atoms with Crippen LogP contribution in [0.4, 0.5) is 5.69 Å². The number of carbonyl (C=O) groups excluding carboxylic acids is 1. The van der Waals surface area contributed by atoms with E-state index in [1.165, 1.54) is 0 Å². The lowest BCUT2D eigenvalue weighted by atomic mass is 10.2. The van der Waals surface area contributed by atoms with Crippen LogP contribution < -0.4 is 10.1 Å². The number of rotatable bonds is 4. The van der Waals surface area contributed by atoms with E-state index in [2.05, 4.69) is 25.9 Å². The molecule has 0 fully saturated rings. The molecule has 1 aliphatic heterocycles. The highest BCUT2D eigenvalue weighted by molar-refractivity contribution is 7.99. The minimum absolute atomic E-state index is 0.0877. The number of carbonyl (C=O) groups is 1. The minimum Gasteiger partial charge on any atom is -0.488 e. The van der Waals surface area contributed by atoms with Gasteiger partial charge in [0.25, 0.3) is 0 Å². The number of para-hydroxylation sites is 1. The maximum Gasteiger partial charge on any atom is 0.228 e. The lowest BCUT2D eigenvalue weighted by Gasteiger charge is -2.25. The van der Waals surface area contributed by atoms with E-state index < -0.39 is 0 Å². The fourth-order valence-electron chi connectivity index (χ4n) is 2.60. The molecule has 126 valence electrons. The van der Waals surface area contributed by atoms with Gasteiger partial charge in [-0.25, -0.2) is 0 Å². The van der Waals surface area contributed by atoms with Gasteiger partial charge >= 0.3 is 0 Å². The van der Waals surface area contributed by atoms with Crippen molar-refractivity contribution in [2.45, 2.75) is 17.4 Å². The monoisotopic (exact) mass is 353 g/mol. The molecule has 0 aliphatic carbocycles. The van der Waals surface area contributed by atoms with E-state index in [0.717, 1.165) is 22.0 Å². The normalized spacial score (nSPS) is 15.9. The summed E-state index contributed by atoms with van der Waals surface area (Å²) in [5, 5.41) is 16.7. The fraction of sp³-hybridized carbons (Fsp3) is 0.176. The van der Waals surface area contributed by atoms with E-state index in [-0.39, 0.29) is 12.0 Å². The molecule has 1 aliphatic rings. The number of anilines is 1. The number of nitrogens with one attached hydrogen (secondary N) is 2. The molecule has 0 saturated heterocycles. The number of amides is 1. The first-order valence-electron chi connectivity index (χ1n) is 7.80. The van der Waals surface area contributed by atoms with Gasteiger partial charge in [0, 0.05) is 21.9 Å². The zero-order valence-electron chi connectivity index (χ0n) is 13.2. The molecule has 8 heteroatoms. The largest absolute Gasteiger partial charge is 0.488 e. The fourth-order valence-corrected chi connectivity index (χ4v) is 3.59. The smallest absolute Gasteiger partial charge is 0.228 e. The number of benzene rings is 2. The van der Waals surface area contributed by atoms with Crippen molar-refractivity contribution in [1.82, 2.24) is 20.6 Å². The van der Waals surface area contributed by atoms with E-state index >= 15 is 0 Å². The molecule has 2 aromatic carbocycles. The van der Waals surface area contributed by atoms with Crippen molar-refractivity contribution in [3.05, 3.63) is 48.5 Å². The number of hydrogen-bond donors (Lipinski definition) is 2. The van der Waals surface area contributed by atoms with Crippen LogP contribution in [0.5, 0.6) is 5.75 Å². The first-order valence-corrected chi connectivity index (χ1v) is 8.79. The van der Waals surface area contributed by atoms with Crippen LogP contribution in [-0.4, -0.2) is 38.4 Å². The summed E-state index contributed by atoms with van der Waals surface area (Å²) in [5.41, 5.74) is 1.47. The van der Waals surface area contributed by atoms with Gasteiger partial charge in [-0.05, 0) is 29.5 Å². The van der Waals surface area contributed by atoms with Crippen LogP contribution in [0.15, 0.2) is 53.4 Å². The average molecular weight is 353 g/mol. The quantitative estimate of drug-likeness (QED) is 0.749. The van der Waals surface area contributed by atoms with Crippen LogP contribution in [0.1, 0.15) is 6.42 Å². The third-order valence-electron chi connectivity index (χ3n) is 3.73. The molecular formula is C17H15N5O2S. The van der Waals surface area contributed by atoms with Crippen molar-refractivity contribution in [2.24, 2.45) is 0 Å². The maximum atomic E-state index is 12.3. The van der Waals surface area contributed by atoms with Crippen molar-refractivity contribution in [2.75, 3.05) is 11.1 Å². The molecule has 2 heterocycles. The molecule has 0 spiro atoms. The Morgan fingerprint density at radius 3 is 3.08 bits per heavy atom. The third-order valence-corrected chi connectivity index (χ3v) is 4.92. The predicted molar refractivity (Wildman–Crippen MR) is 94.4 cm³/mol. The number of tetrazole rings is 1. The second-order valence-corrected chi connectivity index (χ2v) is 6.63. The summed E-state index contributed by atoms with van der Waals surface area (Å²) in [6, 6.07) is 15.2. The molecule has 1 atom stereocenters. The highest BCUT2D eigenvalue weighted by atomic mass is 32.2. The molecule has 4 rings (SSSR count). The number of thioether (sulfide) groups is 1. The van der Waals surface area contributed by atoms with Crippen LogP contribution in [0, 0.1) is 0 Å². The molecular weight excluding hydrogens is 338 g/mol. The average Bonchev–Trinajstić information content (AvgIpc) is 3.16. The van der Waals surface area contributed by atoms with Crippen LogP contribution in [0.25, 0.3) is 11.4 Å². The Morgan fingerprint density at radius 2 is 2.20 bits per heavy atom. The van der Waals surface area contributed by atoms with E-state index in [4.69, 9.17) is 4.74 Å². The lowest BCUT2D eigenvalue weighted by Crippen LogP contribution is -2.28. The van der Waals surface area contributed by atoms with Crippen molar-refractivity contribution < 1.29 is 9.53 Å². The van der Waals surface area contributed by atoms with Crippen LogP contribution >= 0.6 is 11.8 Å². The van der Waals surface area contributed by atoms with Crippen LogP contribution in [0.2, 0.25) is 0 Å². The number of H-pyrrole nitrogens is 1. The topological polar surface area (TPSA) is 92.8 Å². The molecule has 2 N–H and O–H groups in total. The van der Waals surface area contributed by atoms with E-state index in [1.807, 2.05) is 48.5 Å². The molecule has 3 aromatic rings. The van der Waals surface area contributed by atoms with Gasteiger partial charge in [-0.3, -0.25) is 4.79 Å². The van der Waals surface area contributed by atoms with E-state index in [0.29, 0.717) is 17.9 Å². The molecule has 1 aromatic heterocycles. The Labute approximate surface area is 148 Å². The Kier molecular flexibility index (Phi) is 4.34. The molecule has 7 nitrogen and oxygen atoms in total. The third kappa shape index (κ3) is 3.63. The summed E-state index contributed by atoms with van der Waals surface area (Å²) < 4.78 is 5.91. The zero-order valence-corrected chi connectivity index (χ0v) is 14.0. The van der Waals surface area contributed by atoms with Gasteiger partial charge in [0.15, 0.2) is 0 Å². The molecule has 25 heavy (non-hydrogen) atoms. The number of aromatic nitrogens is 4. The number of fused-ring (bicyclic) bond motifs is 1. The Morgan fingerprint density at radius 1 is 1.28 bits per heavy atom. The summed E-state index contributed by atoms with van der Waals surface area (Å²) >= 11 is 1.71. The van der Waals surface area contributed by atoms with Crippen LogP contribution in [0.3, 0.4) is 0 Å². The van der Waals surface area contributed by atoms with Crippen molar-refractivity contribution >= 4 is 23.4 Å². The molecule has 1 unspecified atom stereocenters. The van der Waals surface area contributed by atoms with Crippen molar-refractivity contribution in [3.8, 4) is 17.1 Å². The molecule has 1 amide bonds. The number of nitrogens with zero attached hydrogens (tertiary/aromatic N) is 3. The summed E-state index contributed by atoms with van der Waals surface area (Å²) in [4.78, 5) is 13.5. The minimum atomic E-state index is -0.139. The zero-order chi connectivity index (χ0) is 17.1. The second-order valence-electron chi connectivity index (χ2n) is 5.57. The summed E-state index contributed by atoms with van der Waals surface area (Å²) in [6.07, 6.45) is 0.161. The molecule has 0 bridgehead atoms. The summed E-state index contributed by atoms with van der Waals surface area (Å²) in [7, 11) is 0. The van der Waals surface area contributed by atoms with Gasteiger partial charge in [-0.15, -0.1) is 22.0 Å². The first-order chi connectivity index (χ1) is 12.3. The second kappa shape index (κ2) is 6.94. The number of aromatic amines is 1. The van der Waals surface area contributed by atoms with Gasteiger partial charge in [0.2, 0.25) is 11.7 Å². The number of ether oxygens (including phenoxy) is 1. The highest BCUT2D eigenvalue weighted by Gasteiger charge is 2.22. The predicted octanol–water partition coefficient (Wildman–Crippen LogP) is 2.75. The van der Waals surface area contributed by atoms with Gasteiger partial charge in [0.05, 0.1) is 6.42 Å². The van der Waals surface area contributed by atoms with Gasteiger partial charge in [-0.1, -0.05) is 24.3 Å². The Balaban J connectivity index is 1.39. The van der Waals surface area contributed by atoms with Crippen molar-refractivity contribution in [3.63, 3.8) is 0 Å². The van der Waals surface area contributed by atoms with Crippen LogP contribution in [-0.2, 0) is 4.79 Å². The lowest BCUT2D eigenvalue weighted by molar-refractivity contribution is -0.117. The van der Waals surface area contributed by atoms with E-state index in [1.54, 1.807) is 11.8 Å². The summed E-state index contributed by atoms with van der Waals surface area (Å²) in [6.45, 7) is 0. The SMILES string of the molecule is O=C(CC1CSc2ccccc2O1)Nc1cccc(-c2nn[nH]n2)c1. The number of hydrogen-bond acceptors (Lipinski definition) is 6. The highest BCUT2D eigenvalue weighted by Crippen LogP contribution is 2.35. The van der Waals surface area contributed by atoms with E-state index in [9.17, 15) is 4.79 Å². The maximum absolute atomic E-state index is 12.3. The molecule has 0 radical (unpaired) electrons. The Hall–Kier alpha value is -2.87. The molecule has 0 saturated carbocycles.